The zero-order valence-corrected chi connectivity index (χ0v) is 19.3. The maximum Gasteiger partial charge on any atom is 0.124 e. The van der Waals surface area contributed by atoms with E-state index >= 15 is 0 Å². The third-order valence-corrected chi connectivity index (χ3v) is 5.90. The van der Waals surface area contributed by atoms with Crippen molar-refractivity contribution in [2.45, 2.75) is 20.3 Å². The van der Waals surface area contributed by atoms with Crippen LogP contribution >= 0.6 is 23.2 Å². The predicted molar refractivity (Wildman–Crippen MR) is 133 cm³/mol. The third kappa shape index (κ3) is 4.76. The molecular formula is C27H23Cl2NO. The molecule has 2 nitrogen and oxygen atoms in total. The van der Waals surface area contributed by atoms with E-state index in [2.05, 4.69) is 68.5 Å². The first-order valence-electron chi connectivity index (χ1n) is 10.1. The highest BCUT2D eigenvalue weighted by atomic mass is 35.5. The van der Waals surface area contributed by atoms with Gasteiger partial charge in [-0.2, -0.15) is 0 Å². The fourth-order valence-corrected chi connectivity index (χ4v) is 4.34. The Balaban J connectivity index is 1.49. The number of nitrogens with zero attached hydrogens (tertiary/aromatic N) is 1. The smallest absolute Gasteiger partial charge is 0.124 e. The van der Waals surface area contributed by atoms with E-state index in [9.17, 15) is 0 Å². The Morgan fingerprint density at radius 1 is 0.871 bits per heavy atom. The number of hydrogen-bond acceptors (Lipinski definition) is 2. The topological polar surface area (TPSA) is 21.6 Å². The molecule has 31 heavy (non-hydrogen) atoms. The second-order valence-electron chi connectivity index (χ2n) is 7.62. The third-order valence-electron chi connectivity index (χ3n) is 5.35. The lowest BCUT2D eigenvalue weighted by Gasteiger charge is -2.11. The maximum atomic E-state index is 6.31. The molecule has 0 atom stereocenters. The van der Waals surface area contributed by atoms with Gasteiger partial charge in [0.05, 0.1) is 17.8 Å². The van der Waals surface area contributed by atoms with E-state index in [1.54, 1.807) is 13.2 Å². The molecule has 0 aliphatic carbocycles. The summed E-state index contributed by atoms with van der Waals surface area (Å²) < 4.78 is 5.48. The van der Waals surface area contributed by atoms with Crippen LogP contribution < -0.4 is 4.74 Å². The minimum atomic E-state index is 0.618. The summed E-state index contributed by atoms with van der Waals surface area (Å²) in [6.07, 6.45) is 7.02. The molecule has 0 aromatic heterocycles. The summed E-state index contributed by atoms with van der Waals surface area (Å²) in [5.41, 5.74) is 8.60. The molecule has 4 heteroatoms. The van der Waals surface area contributed by atoms with Gasteiger partial charge in [-0.05, 0) is 78.1 Å². The van der Waals surface area contributed by atoms with Crippen LogP contribution in [-0.4, -0.2) is 12.8 Å². The summed E-state index contributed by atoms with van der Waals surface area (Å²) >= 11 is 12.3. The molecule has 0 fully saturated rings. The lowest BCUT2D eigenvalue weighted by atomic mass is 9.98. The van der Waals surface area contributed by atoms with Gasteiger partial charge >= 0.3 is 0 Å². The van der Waals surface area contributed by atoms with Crippen molar-refractivity contribution in [3.8, 4) is 16.9 Å². The van der Waals surface area contributed by atoms with Crippen LogP contribution in [0, 0.1) is 13.8 Å². The van der Waals surface area contributed by atoms with E-state index in [-0.39, 0.29) is 0 Å². The molecule has 1 aliphatic rings. The molecule has 0 saturated carbocycles. The van der Waals surface area contributed by atoms with Crippen LogP contribution in [0.25, 0.3) is 22.9 Å². The molecule has 3 aromatic carbocycles. The zero-order valence-electron chi connectivity index (χ0n) is 17.7. The number of allylic oxidation sites excluding steroid dienone is 2. The molecule has 0 unspecified atom stereocenters. The van der Waals surface area contributed by atoms with Crippen LogP contribution in [0.4, 0.5) is 0 Å². The van der Waals surface area contributed by atoms with Crippen LogP contribution in [0.15, 0.2) is 71.7 Å². The standard InChI is InChI=1S/C27H23Cl2NO/c1-17-14-21(15-18(2)27(17)31-3)20-7-4-19(5-8-20)6-10-23-11-13-26(30-23)24-12-9-22(28)16-25(24)29/h4-10,12-16H,11H2,1-3H3/b10-6+. The summed E-state index contributed by atoms with van der Waals surface area (Å²) in [4.78, 5) is 4.72. The predicted octanol–water partition coefficient (Wildman–Crippen LogP) is 8.18. The van der Waals surface area contributed by atoms with Gasteiger partial charge in [0.2, 0.25) is 0 Å². The van der Waals surface area contributed by atoms with Gasteiger partial charge in [0, 0.05) is 22.7 Å². The van der Waals surface area contributed by atoms with Gasteiger partial charge in [0.25, 0.3) is 0 Å². The van der Waals surface area contributed by atoms with E-state index in [0.29, 0.717) is 10.0 Å². The second kappa shape index (κ2) is 9.13. The van der Waals surface area contributed by atoms with Gasteiger partial charge in [-0.3, -0.25) is 4.99 Å². The van der Waals surface area contributed by atoms with Crippen molar-refractivity contribution in [3.05, 3.63) is 99.0 Å². The van der Waals surface area contributed by atoms with Crippen molar-refractivity contribution in [1.29, 1.82) is 0 Å². The lowest BCUT2D eigenvalue weighted by Crippen LogP contribution is -1.92. The summed E-state index contributed by atoms with van der Waals surface area (Å²) in [6, 6.07) is 18.4. The number of aryl methyl sites for hydroxylation is 2. The Kier molecular flexibility index (Phi) is 6.31. The SMILES string of the molecule is COc1c(C)cc(-c2ccc(/C=C/C3=NC(c4ccc(Cl)cc4Cl)=CC3)cc2)cc1C. The highest BCUT2D eigenvalue weighted by Gasteiger charge is 2.12. The monoisotopic (exact) mass is 447 g/mol. The van der Waals surface area contributed by atoms with Crippen LogP contribution in [0.1, 0.15) is 28.7 Å². The summed E-state index contributed by atoms with van der Waals surface area (Å²) in [5.74, 6) is 0.952. The molecule has 0 spiro atoms. The Morgan fingerprint density at radius 3 is 2.23 bits per heavy atom. The van der Waals surface area contributed by atoms with Crippen molar-refractivity contribution in [2.75, 3.05) is 7.11 Å². The van der Waals surface area contributed by atoms with Crippen molar-refractivity contribution in [3.63, 3.8) is 0 Å². The number of methoxy groups -OCH3 is 1. The summed E-state index contributed by atoms with van der Waals surface area (Å²) in [5, 5.41) is 1.24. The molecule has 0 N–H and O–H groups in total. The number of benzene rings is 3. The minimum Gasteiger partial charge on any atom is -0.496 e. The number of ether oxygens (including phenoxy) is 1. The fourth-order valence-electron chi connectivity index (χ4n) is 3.84. The van der Waals surface area contributed by atoms with E-state index in [1.165, 1.54) is 11.1 Å². The molecule has 0 amide bonds. The molecule has 1 aliphatic heterocycles. The zero-order chi connectivity index (χ0) is 22.0. The molecule has 0 bridgehead atoms. The first-order chi connectivity index (χ1) is 14.9. The van der Waals surface area contributed by atoms with E-state index in [1.807, 2.05) is 12.1 Å². The highest BCUT2D eigenvalue weighted by Crippen LogP contribution is 2.32. The number of rotatable bonds is 5. The van der Waals surface area contributed by atoms with E-state index in [0.717, 1.165) is 45.8 Å². The Bertz CT molecular complexity index is 1200. The van der Waals surface area contributed by atoms with Crippen molar-refractivity contribution in [1.82, 2.24) is 0 Å². The van der Waals surface area contributed by atoms with Crippen molar-refractivity contribution < 1.29 is 4.74 Å². The first kappa shape index (κ1) is 21.4. The second-order valence-corrected chi connectivity index (χ2v) is 8.46. The number of hydrogen-bond donors (Lipinski definition) is 0. The molecule has 156 valence electrons. The largest absolute Gasteiger partial charge is 0.496 e. The first-order valence-corrected chi connectivity index (χ1v) is 10.9. The molecule has 1 heterocycles. The van der Waals surface area contributed by atoms with Crippen molar-refractivity contribution >= 4 is 40.7 Å². The Labute approximate surface area is 193 Å². The summed E-state index contributed by atoms with van der Waals surface area (Å²) in [6.45, 7) is 4.16. The molecular weight excluding hydrogens is 425 g/mol. The average molecular weight is 448 g/mol. The molecule has 4 rings (SSSR count). The van der Waals surface area contributed by atoms with Crippen LogP contribution in [0.2, 0.25) is 10.0 Å². The van der Waals surface area contributed by atoms with Crippen LogP contribution in [0.5, 0.6) is 5.75 Å². The van der Waals surface area contributed by atoms with Crippen LogP contribution in [0.3, 0.4) is 0 Å². The Hall–Kier alpha value is -2.81. The van der Waals surface area contributed by atoms with Gasteiger partial charge in [0.15, 0.2) is 0 Å². The molecule has 0 radical (unpaired) electrons. The van der Waals surface area contributed by atoms with Gasteiger partial charge in [-0.15, -0.1) is 0 Å². The quantitative estimate of drug-likeness (QED) is 0.386. The average Bonchev–Trinajstić information content (AvgIpc) is 3.21. The Morgan fingerprint density at radius 2 is 1.58 bits per heavy atom. The molecule has 3 aromatic rings. The van der Waals surface area contributed by atoms with E-state index < -0.39 is 0 Å². The van der Waals surface area contributed by atoms with Crippen LogP contribution in [-0.2, 0) is 0 Å². The van der Waals surface area contributed by atoms with Gasteiger partial charge in [-0.25, -0.2) is 0 Å². The number of aliphatic imine (C=N–C) groups is 1. The highest BCUT2D eigenvalue weighted by molar-refractivity contribution is 6.35. The molecule has 0 saturated heterocycles. The fraction of sp³-hybridized carbons (Fsp3) is 0.148. The normalized spacial score (nSPS) is 13.5. The maximum absolute atomic E-state index is 6.31. The van der Waals surface area contributed by atoms with E-state index in [4.69, 9.17) is 32.9 Å². The van der Waals surface area contributed by atoms with Gasteiger partial charge in [0.1, 0.15) is 5.75 Å². The summed E-state index contributed by atoms with van der Waals surface area (Å²) in [7, 11) is 1.72. The van der Waals surface area contributed by atoms with Gasteiger partial charge < -0.3 is 4.74 Å². The van der Waals surface area contributed by atoms with Crippen molar-refractivity contribution in [2.24, 2.45) is 4.99 Å². The lowest BCUT2D eigenvalue weighted by molar-refractivity contribution is 0.408. The van der Waals surface area contributed by atoms with Gasteiger partial charge in [-0.1, -0.05) is 59.6 Å². The minimum absolute atomic E-state index is 0.618. The number of halogens is 2.